The third-order valence-electron chi connectivity index (χ3n) is 10.9. The molecule has 0 fully saturated rings. The van der Waals surface area contributed by atoms with Crippen molar-refractivity contribution in [1.29, 1.82) is 0 Å². The number of halogens is 2. The van der Waals surface area contributed by atoms with Crippen LogP contribution in [0.4, 0.5) is 5.69 Å². The van der Waals surface area contributed by atoms with Gasteiger partial charge in [0.2, 0.25) is 0 Å². The molecule has 12 nitrogen and oxygen atoms in total. The van der Waals surface area contributed by atoms with Gasteiger partial charge in [-0.1, -0.05) is 80.2 Å². The number of amides is 3. The number of benzene rings is 3. The van der Waals surface area contributed by atoms with Crippen molar-refractivity contribution >= 4 is 56.6 Å². The molecule has 3 aromatic carbocycles. The lowest BCUT2D eigenvalue weighted by Crippen LogP contribution is -2.37. The Morgan fingerprint density at radius 3 is 2.27 bits per heavy atom. The fourth-order valence-corrected chi connectivity index (χ4v) is 9.05. The van der Waals surface area contributed by atoms with Gasteiger partial charge in [0.1, 0.15) is 5.15 Å². The molecular weight excluding hydrogens is 810 g/mol. The summed E-state index contributed by atoms with van der Waals surface area (Å²) in [6, 6.07) is 22.5. The average Bonchev–Trinajstić information content (AvgIpc) is 3.78. The summed E-state index contributed by atoms with van der Waals surface area (Å²) in [5, 5.41) is 5.26. The van der Waals surface area contributed by atoms with Gasteiger partial charge in [-0.25, -0.2) is 22.8 Å². The van der Waals surface area contributed by atoms with E-state index >= 15 is 0 Å². The molecule has 0 radical (unpaired) electrons. The number of anilines is 1. The summed E-state index contributed by atoms with van der Waals surface area (Å²) in [6.07, 6.45) is 4.75. The van der Waals surface area contributed by atoms with Crippen molar-refractivity contribution in [2.24, 2.45) is 0 Å². The number of rotatable bonds is 14. The molecule has 2 aliphatic heterocycles. The molecule has 15 heteroatoms. The Kier molecular flexibility index (Phi) is 12.7. The molecule has 4 heterocycles. The normalized spacial score (nSPS) is 13.6. The molecule has 2 aliphatic rings. The molecular formula is C44H47Cl2N7O5S. The van der Waals surface area contributed by atoms with Crippen molar-refractivity contribution in [3.05, 3.63) is 134 Å². The van der Waals surface area contributed by atoms with E-state index in [-0.39, 0.29) is 38.6 Å². The van der Waals surface area contributed by atoms with Crippen LogP contribution in [0.1, 0.15) is 98.8 Å². The topological polar surface area (TPSA) is 138 Å². The van der Waals surface area contributed by atoms with Crippen LogP contribution in [0.15, 0.2) is 83.8 Å². The minimum absolute atomic E-state index is 0.0445. The monoisotopic (exact) mass is 855 g/mol. The third kappa shape index (κ3) is 9.02. The molecule has 2 aromatic heterocycles. The molecule has 0 atom stereocenters. The zero-order chi connectivity index (χ0) is 41.8. The van der Waals surface area contributed by atoms with E-state index in [4.69, 9.17) is 23.2 Å². The lowest BCUT2D eigenvalue weighted by atomic mass is 9.98. The Labute approximate surface area is 355 Å². The summed E-state index contributed by atoms with van der Waals surface area (Å²) in [5.74, 6) is -1.58. The van der Waals surface area contributed by atoms with Gasteiger partial charge in [0, 0.05) is 44.0 Å². The SMILES string of the molecule is CCCCN(CCCC)C(=O)c1nn(-c2ccc(C(=O)NS(=O)(=O)c3ccc4c(c3)CCN4Cc3cccc(Cl)n3)cc2C(=O)N2CCc3ccccc3C2)c(C)c1Cl. The number of carbonyl (C=O) groups excluding carboxylic acids is 3. The van der Waals surface area contributed by atoms with Gasteiger partial charge >= 0.3 is 0 Å². The standard InChI is InChI=1S/C44H47Cl2N7O5S/c1-4-6-21-50(22-7-5-2)44(56)41-40(46)29(3)53(48-41)38-17-15-32(26-36(38)43(55)52-24-19-30-11-8-9-12-33(30)27-52)42(54)49-59(57,58)35-16-18-37-31(25-35)20-23-51(37)28-34-13-10-14-39(45)47-34/h8-18,25-26H,4-7,19-24,27-28H2,1-3H3,(H,49,54). The van der Waals surface area contributed by atoms with E-state index in [1.54, 1.807) is 41.0 Å². The number of aromatic nitrogens is 3. The zero-order valence-electron chi connectivity index (χ0n) is 33.4. The molecule has 308 valence electrons. The van der Waals surface area contributed by atoms with Crippen LogP contribution < -0.4 is 9.62 Å². The number of fused-ring (bicyclic) bond motifs is 2. The van der Waals surface area contributed by atoms with Crippen LogP contribution in [-0.2, 0) is 36.0 Å². The molecule has 5 aromatic rings. The van der Waals surface area contributed by atoms with E-state index in [1.807, 2.05) is 36.4 Å². The summed E-state index contributed by atoms with van der Waals surface area (Å²) >= 11 is 12.9. The Hall–Kier alpha value is -5.24. The molecule has 0 saturated heterocycles. The van der Waals surface area contributed by atoms with Gasteiger partial charge in [-0.05, 0) is 97.8 Å². The third-order valence-corrected chi connectivity index (χ3v) is 12.9. The van der Waals surface area contributed by atoms with Crippen LogP contribution >= 0.6 is 23.2 Å². The predicted molar refractivity (Wildman–Crippen MR) is 229 cm³/mol. The summed E-state index contributed by atoms with van der Waals surface area (Å²) in [6.45, 7) is 8.93. The van der Waals surface area contributed by atoms with Crippen LogP contribution in [0, 0.1) is 6.92 Å². The number of carbonyl (C=O) groups is 3. The van der Waals surface area contributed by atoms with Crippen molar-refractivity contribution in [3.63, 3.8) is 0 Å². The number of sulfonamides is 1. The Bertz CT molecular complexity index is 2520. The van der Waals surface area contributed by atoms with Crippen LogP contribution in [0.5, 0.6) is 0 Å². The number of nitrogens with zero attached hydrogens (tertiary/aromatic N) is 6. The van der Waals surface area contributed by atoms with E-state index < -0.39 is 15.9 Å². The highest BCUT2D eigenvalue weighted by Gasteiger charge is 2.31. The van der Waals surface area contributed by atoms with E-state index in [9.17, 15) is 22.8 Å². The molecule has 3 amide bonds. The fraction of sp³-hybridized carbons (Fsp3) is 0.341. The maximum Gasteiger partial charge on any atom is 0.275 e. The van der Waals surface area contributed by atoms with E-state index in [1.165, 1.54) is 22.9 Å². The van der Waals surface area contributed by atoms with Gasteiger partial charge in [-0.2, -0.15) is 5.10 Å². The summed E-state index contributed by atoms with van der Waals surface area (Å²) in [5.41, 5.74) is 5.55. The van der Waals surface area contributed by atoms with E-state index in [2.05, 4.69) is 33.6 Å². The fourth-order valence-electron chi connectivity index (χ4n) is 7.64. The number of hydrogen-bond acceptors (Lipinski definition) is 8. The molecule has 0 spiro atoms. The number of hydrogen-bond donors (Lipinski definition) is 1. The number of pyridine rings is 1. The summed E-state index contributed by atoms with van der Waals surface area (Å²) in [7, 11) is -4.32. The lowest BCUT2D eigenvalue weighted by molar-refractivity contribution is 0.0732. The van der Waals surface area contributed by atoms with Gasteiger partial charge in [-0.15, -0.1) is 0 Å². The van der Waals surface area contributed by atoms with Crippen LogP contribution in [-0.4, -0.2) is 76.9 Å². The highest BCUT2D eigenvalue weighted by Crippen LogP contribution is 2.32. The minimum Gasteiger partial charge on any atom is -0.365 e. The van der Waals surface area contributed by atoms with Crippen LogP contribution in [0.2, 0.25) is 10.2 Å². The lowest BCUT2D eigenvalue weighted by Gasteiger charge is -2.29. The number of nitrogens with one attached hydrogen (secondary N) is 1. The van der Waals surface area contributed by atoms with Crippen molar-refractivity contribution in [2.45, 2.75) is 77.3 Å². The highest BCUT2D eigenvalue weighted by atomic mass is 35.5. The predicted octanol–water partition coefficient (Wildman–Crippen LogP) is 7.80. The first-order chi connectivity index (χ1) is 28.4. The quantitative estimate of drug-likeness (QED) is 0.112. The molecule has 0 bridgehead atoms. The second-order valence-corrected chi connectivity index (χ2v) is 17.4. The summed E-state index contributed by atoms with van der Waals surface area (Å²) in [4.78, 5) is 52.2. The second kappa shape index (κ2) is 17.9. The van der Waals surface area contributed by atoms with E-state index in [0.29, 0.717) is 68.6 Å². The van der Waals surface area contributed by atoms with E-state index in [0.717, 1.165) is 53.8 Å². The first kappa shape index (κ1) is 41.9. The smallest absolute Gasteiger partial charge is 0.275 e. The van der Waals surface area contributed by atoms with Crippen LogP contribution in [0.3, 0.4) is 0 Å². The first-order valence-electron chi connectivity index (χ1n) is 20.0. The van der Waals surface area contributed by atoms with Gasteiger partial charge < -0.3 is 14.7 Å². The Morgan fingerprint density at radius 1 is 0.831 bits per heavy atom. The number of unbranched alkanes of at least 4 members (excludes halogenated alkanes) is 2. The maximum atomic E-state index is 14.5. The molecule has 0 unspecified atom stereocenters. The maximum absolute atomic E-state index is 14.5. The molecule has 0 saturated carbocycles. The second-order valence-electron chi connectivity index (χ2n) is 15.0. The van der Waals surface area contributed by atoms with Gasteiger partial charge in [0.25, 0.3) is 27.7 Å². The Morgan fingerprint density at radius 2 is 1.54 bits per heavy atom. The van der Waals surface area contributed by atoms with Gasteiger partial charge in [0.05, 0.1) is 39.1 Å². The van der Waals surface area contributed by atoms with Gasteiger partial charge in [-0.3, -0.25) is 14.4 Å². The largest absolute Gasteiger partial charge is 0.365 e. The molecule has 59 heavy (non-hydrogen) atoms. The minimum atomic E-state index is -4.32. The molecule has 0 aliphatic carbocycles. The van der Waals surface area contributed by atoms with Crippen molar-refractivity contribution in [1.82, 2.24) is 29.3 Å². The molecule has 1 N–H and O–H groups in total. The summed E-state index contributed by atoms with van der Waals surface area (Å²) < 4.78 is 31.1. The van der Waals surface area contributed by atoms with Gasteiger partial charge in [0.15, 0.2) is 5.69 Å². The highest BCUT2D eigenvalue weighted by molar-refractivity contribution is 7.90. The Balaban J connectivity index is 1.19. The van der Waals surface area contributed by atoms with Crippen molar-refractivity contribution in [2.75, 3.05) is 31.1 Å². The van der Waals surface area contributed by atoms with Crippen LogP contribution in [0.25, 0.3) is 5.69 Å². The average molecular weight is 857 g/mol. The first-order valence-corrected chi connectivity index (χ1v) is 22.2. The van der Waals surface area contributed by atoms with Crippen molar-refractivity contribution < 1.29 is 22.8 Å². The zero-order valence-corrected chi connectivity index (χ0v) is 35.7. The molecule has 7 rings (SSSR count). The van der Waals surface area contributed by atoms with Crippen molar-refractivity contribution in [3.8, 4) is 5.69 Å².